The number of rotatable bonds is 12. The predicted molar refractivity (Wildman–Crippen MR) is 146 cm³/mol. The second-order valence-electron chi connectivity index (χ2n) is 10.9. The SMILES string of the molecule is COc1cccc([C@H]2OC(c3ccc(OCCCO)cc3)=N[C@@]2(CCC(=O)OC(C)(C)C)C(=O)NC2CC2)c1. The molecule has 9 nitrogen and oxygen atoms in total. The van der Waals surface area contributed by atoms with Gasteiger partial charge in [-0.3, -0.25) is 9.59 Å². The molecule has 0 radical (unpaired) electrons. The average Bonchev–Trinajstić information content (AvgIpc) is 3.63. The lowest BCUT2D eigenvalue weighted by Crippen LogP contribution is -2.49. The van der Waals surface area contributed by atoms with Crippen LogP contribution in [0.5, 0.6) is 11.5 Å². The van der Waals surface area contributed by atoms with Crippen molar-refractivity contribution in [1.82, 2.24) is 5.32 Å². The van der Waals surface area contributed by atoms with Gasteiger partial charge in [0.25, 0.3) is 5.91 Å². The van der Waals surface area contributed by atoms with Crippen LogP contribution in [0.15, 0.2) is 53.5 Å². The fourth-order valence-corrected chi connectivity index (χ4v) is 4.40. The topological polar surface area (TPSA) is 116 Å². The molecule has 1 saturated carbocycles. The van der Waals surface area contributed by atoms with Crippen LogP contribution >= 0.6 is 0 Å². The summed E-state index contributed by atoms with van der Waals surface area (Å²) >= 11 is 0. The molecule has 1 heterocycles. The van der Waals surface area contributed by atoms with Crippen LogP contribution in [0, 0.1) is 0 Å². The number of benzene rings is 2. The molecule has 2 aliphatic rings. The monoisotopic (exact) mass is 538 g/mol. The molecule has 4 rings (SSSR count). The second-order valence-corrected chi connectivity index (χ2v) is 10.9. The van der Waals surface area contributed by atoms with Gasteiger partial charge >= 0.3 is 5.97 Å². The Balaban J connectivity index is 1.70. The summed E-state index contributed by atoms with van der Waals surface area (Å²) < 4.78 is 23.1. The lowest BCUT2D eigenvalue weighted by atomic mass is 9.83. The number of aliphatic imine (C=N–C) groups is 1. The predicted octanol–water partition coefficient (Wildman–Crippen LogP) is 4.11. The minimum atomic E-state index is -1.39. The summed E-state index contributed by atoms with van der Waals surface area (Å²) in [5.41, 5.74) is -0.644. The van der Waals surface area contributed by atoms with Crippen molar-refractivity contribution in [2.75, 3.05) is 20.3 Å². The van der Waals surface area contributed by atoms with E-state index in [9.17, 15) is 9.59 Å². The standard InChI is InChI=1S/C30H38N2O7/c1-29(2,3)39-25(34)15-16-30(28(35)31-22-11-12-22)26(21-7-5-8-24(19-21)36-4)38-27(32-30)20-9-13-23(14-10-20)37-18-6-17-33/h5,7-10,13-14,19,22,26,33H,6,11-12,15-18H2,1-4H3,(H,31,35)/t26-,30-/m1/s1. The highest BCUT2D eigenvalue weighted by atomic mass is 16.6. The number of hydrogen-bond donors (Lipinski definition) is 2. The molecule has 2 aromatic carbocycles. The highest BCUT2D eigenvalue weighted by molar-refractivity contribution is 6.01. The molecule has 0 saturated heterocycles. The quantitative estimate of drug-likeness (QED) is 0.309. The van der Waals surface area contributed by atoms with Crippen LogP contribution in [0.2, 0.25) is 0 Å². The summed E-state index contributed by atoms with van der Waals surface area (Å²) in [6.45, 7) is 5.89. The molecule has 1 fully saturated rings. The third-order valence-corrected chi connectivity index (χ3v) is 6.47. The lowest BCUT2D eigenvalue weighted by Gasteiger charge is -2.31. The third-order valence-electron chi connectivity index (χ3n) is 6.47. The zero-order valence-corrected chi connectivity index (χ0v) is 23.1. The summed E-state index contributed by atoms with van der Waals surface area (Å²) in [6, 6.07) is 14.7. The van der Waals surface area contributed by atoms with Crippen molar-refractivity contribution in [3.8, 4) is 11.5 Å². The highest BCUT2D eigenvalue weighted by Crippen LogP contribution is 2.44. The van der Waals surface area contributed by atoms with Crippen molar-refractivity contribution >= 4 is 17.8 Å². The van der Waals surface area contributed by atoms with Crippen LogP contribution in [0.25, 0.3) is 0 Å². The van der Waals surface area contributed by atoms with E-state index in [4.69, 9.17) is 29.0 Å². The minimum Gasteiger partial charge on any atom is -0.497 e. The van der Waals surface area contributed by atoms with E-state index < -0.39 is 23.2 Å². The third kappa shape index (κ3) is 7.29. The molecule has 0 unspecified atom stereocenters. The summed E-state index contributed by atoms with van der Waals surface area (Å²) in [6.07, 6.45) is 1.67. The van der Waals surface area contributed by atoms with Gasteiger partial charge in [0.2, 0.25) is 5.90 Å². The van der Waals surface area contributed by atoms with Crippen LogP contribution in [-0.4, -0.2) is 60.4 Å². The van der Waals surface area contributed by atoms with Crippen LogP contribution in [0.4, 0.5) is 0 Å². The molecule has 1 aliphatic heterocycles. The first-order chi connectivity index (χ1) is 18.6. The van der Waals surface area contributed by atoms with Crippen LogP contribution in [0.3, 0.4) is 0 Å². The Morgan fingerprint density at radius 2 is 1.87 bits per heavy atom. The van der Waals surface area contributed by atoms with Gasteiger partial charge in [-0.05, 0) is 82.0 Å². The van der Waals surface area contributed by atoms with Gasteiger partial charge in [-0.1, -0.05) is 12.1 Å². The molecule has 210 valence electrons. The first-order valence-corrected chi connectivity index (χ1v) is 13.4. The number of hydrogen-bond acceptors (Lipinski definition) is 8. The molecule has 2 N–H and O–H groups in total. The number of esters is 1. The number of aliphatic hydroxyl groups excluding tert-OH is 1. The molecule has 0 bridgehead atoms. The number of carbonyl (C=O) groups excluding carboxylic acids is 2. The van der Waals surface area contributed by atoms with E-state index in [1.54, 1.807) is 19.2 Å². The fourth-order valence-electron chi connectivity index (χ4n) is 4.40. The van der Waals surface area contributed by atoms with Crippen LogP contribution in [-0.2, 0) is 19.1 Å². The van der Waals surface area contributed by atoms with Gasteiger partial charge in [0.05, 0.1) is 13.7 Å². The average molecular weight is 539 g/mol. The van der Waals surface area contributed by atoms with Crippen molar-refractivity contribution < 1.29 is 33.6 Å². The highest BCUT2D eigenvalue weighted by Gasteiger charge is 2.54. The second kappa shape index (κ2) is 12.1. The normalized spacial score (nSPS) is 20.5. The number of nitrogens with one attached hydrogen (secondary N) is 1. The van der Waals surface area contributed by atoms with Crippen molar-refractivity contribution in [3.63, 3.8) is 0 Å². The number of carbonyl (C=O) groups is 2. The Bertz CT molecular complexity index is 1180. The molecule has 9 heteroatoms. The van der Waals surface area contributed by atoms with Gasteiger partial charge in [-0.25, -0.2) is 4.99 Å². The first kappa shape index (κ1) is 28.4. The summed E-state index contributed by atoms with van der Waals surface area (Å²) in [5.74, 6) is 0.897. The molecule has 0 aromatic heterocycles. The Morgan fingerprint density at radius 1 is 1.13 bits per heavy atom. The Kier molecular flexibility index (Phi) is 8.80. The van der Waals surface area contributed by atoms with E-state index in [-0.39, 0.29) is 31.4 Å². The van der Waals surface area contributed by atoms with E-state index in [1.807, 2.05) is 57.2 Å². The molecule has 1 amide bonds. The zero-order valence-electron chi connectivity index (χ0n) is 23.1. The van der Waals surface area contributed by atoms with Crippen molar-refractivity contribution in [2.45, 2.75) is 76.2 Å². The van der Waals surface area contributed by atoms with Gasteiger partial charge in [0.15, 0.2) is 11.6 Å². The minimum absolute atomic E-state index is 0.00635. The molecule has 1 aliphatic carbocycles. The maximum Gasteiger partial charge on any atom is 0.306 e. The van der Waals surface area contributed by atoms with Gasteiger partial charge in [0, 0.05) is 31.1 Å². The molecule has 0 spiro atoms. The number of aliphatic hydroxyl groups is 1. The van der Waals surface area contributed by atoms with Crippen molar-refractivity contribution in [1.29, 1.82) is 0 Å². The number of amides is 1. The lowest BCUT2D eigenvalue weighted by molar-refractivity contribution is -0.155. The maximum absolute atomic E-state index is 13.9. The van der Waals surface area contributed by atoms with Crippen LogP contribution < -0.4 is 14.8 Å². The largest absolute Gasteiger partial charge is 0.497 e. The molecular weight excluding hydrogens is 500 g/mol. The molecule has 2 atom stereocenters. The van der Waals surface area contributed by atoms with Crippen molar-refractivity contribution in [2.24, 2.45) is 4.99 Å². The van der Waals surface area contributed by atoms with Gasteiger partial charge in [0.1, 0.15) is 17.1 Å². The van der Waals surface area contributed by atoms with E-state index in [2.05, 4.69) is 5.32 Å². The van der Waals surface area contributed by atoms with Gasteiger partial charge in [-0.2, -0.15) is 0 Å². The molecule has 39 heavy (non-hydrogen) atoms. The smallest absolute Gasteiger partial charge is 0.306 e. The Hall–Kier alpha value is -3.59. The summed E-state index contributed by atoms with van der Waals surface area (Å²) in [5, 5.41) is 12.1. The van der Waals surface area contributed by atoms with Crippen molar-refractivity contribution in [3.05, 3.63) is 59.7 Å². The Morgan fingerprint density at radius 3 is 2.51 bits per heavy atom. The number of methoxy groups -OCH3 is 1. The first-order valence-electron chi connectivity index (χ1n) is 13.4. The van der Waals surface area contributed by atoms with E-state index in [0.29, 0.717) is 41.6 Å². The van der Waals surface area contributed by atoms with E-state index >= 15 is 0 Å². The maximum atomic E-state index is 13.9. The van der Waals surface area contributed by atoms with E-state index in [1.165, 1.54) is 0 Å². The summed E-state index contributed by atoms with van der Waals surface area (Å²) in [4.78, 5) is 31.6. The summed E-state index contributed by atoms with van der Waals surface area (Å²) in [7, 11) is 1.58. The van der Waals surface area contributed by atoms with Crippen LogP contribution in [0.1, 0.15) is 70.1 Å². The Labute approximate surface area is 229 Å². The molecule has 2 aromatic rings. The number of nitrogens with zero attached hydrogens (tertiary/aromatic N) is 1. The molecular formula is C30H38N2O7. The fraction of sp³-hybridized carbons (Fsp3) is 0.500. The number of ether oxygens (including phenoxy) is 4. The van der Waals surface area contributed by atoms with E-state index in [0.717, 1.165) is 12.8 Å². The van der Waals surface area contributed by atoms with Gasteiger partial charge in [-0.15, -0.1) is 0 Å². The van der Waals surface area contributed by atoms with Gasteiger partial charge < -0.3 is 29.4 Å². The zero-order chi connectivity index (χ0) is 28.0.